The largest absolute Gasteiger partial charge is 0.492 e. The van der Waals surface area contributed by atoms with Crippen LogP contribution >= 0.6 is 11.6 Å². The number of fused-ring (bicyclic) bond motifs is 2. The molecule has 0 spiro atoms. The number of hydrogen-bond donors (Lipinski definition) is 2. The number of rotatable bonds is 11. The Labute approximate surface area is 376 Å². The van der Waals surface area contributed by atoms with Crippen LogP contribution in [0.4, 0.5) is 11.4 Å². The van der Waals surface area contributed by atoms with E-state index >= 15 is 0 Å². The second-order valence-electron chi connectivity index (χ2n) is 17.6. The van der Waals surface area contributed by atoms with E-state index in [0.29, 0.717) is 30.2 Å². The summed E-state index contributed by atoms with van der Waals surface area (Å²) in [4.78, 5) is 41.9. The van der Waals surface area contributed by atoms with Gasteiger partial charge in [-0.15, -0.1) is 0 Å². The third-order valence-corrected chi connectivity index (χ3v) is 14.0. The maximum Gasteiger partial charge on any atom is 0.277 e. The van der Waals surface area contributed by atoms with E-state index in [9.17, 15) is 23.3 Å². The SMILES string of the molecule is Cc1ccc([C@H]2COc3cc(S(=O)(=O)NC(=O)c4ccc(N5CCN(CC6=C(c7ccc(Cl)cc7)CC(C)(C)CC6)CC5)cc4Oc4cnc5[nH]ccc5c4)cc([N+](=O)[O-])c3C2)nc1. The lowest BCUT2D eigenvalue weighted by atomic mass is 9.72. The van der Waals surface area contributed by atoms with Gasteiger partial charge in [0.25, 0.3) is 21.6 Å². The molecule has 1 saturated heterocycles. The molecule has 3 aliphatic rings. The first kappa shape index (κ1) is 43.0. The average Bonchev–Trinajstić information content (AvgIpc) is 3.75. The minimum Gasteiger partial charge on any atom is -0.492 e. The Morgan fingerprint density at radius 3 is 2.56 bits per heavy atom. The minimum absolute atomic E-state index is 0.0563. The highest BCUT2D eigenvalue weighted by Gasteiger charge is 2.34. The number of nitrogens with one attached hydrogen (secondary N) is 2. The van der Waals surface area contributed by atoms with E-state index in [1.807, 2.05) is 37.3 Å². The van der Waals surface area contributed by atoms with Crippen LogP contribution in [0, 0.1) is 22.5 Å². The van der Waals surface area contributed by atoms with Crippen LogP contribution in [0.15, 0.2) is 108 Å². The summed E-state index contributed by atoms with van der Waals surface area (Å²) < 4.78 is 42.2. The first-order chi connectivity index (χ1) is 30.7. The zero-order valence-electron chi connectivity index (χ0n) is 35.8. The van der Waals surface area contributed by atoms with Gasteiger partial charge in [-0.3, -0.25) is 24.8 Å². The monoisotopic (exact) mass is 901 g/mol. The number of nitro benzene ring substituents is 1. The number of pyridine rings is 2. The summed E-state index contributed by atoms with van der Waals surface area (Å²) >= 11 is 6.25. The molecule has 0 radical (unpaired) electrons. The lowest BCUT2D eigenvalue weighted by molar-refractivity contribution is -0.386. The van der Waals surface area contributed by atoms with Crippen LogP contribution in [0.2, 0.25) is 5.02 Å². The molecule has 1 amide bonds. The molecule has 3 aromatic carbocycles. The van der Waals surface area contributed by atoms with Crippen molar-refractivity contribution >= 4 is 55.5 Å². The van der Waals surface area contributed by atoms with Crippen LogP contribution in [-0.4, -0.2) is 78.4 Å². The van der Waals surface area contributed by atoms with Crippen LogP contribution in [0.25, 0.3) is 16.6 Å². The molecule has 3 aromatic heterocycles. The van der Waals surface area contributed by atoms with Crippen LogP contribution in [0.5, 0.6) is 17.2 Å². The van der Waals surface area contributed by atoms with Crippen molar-refractivity contribution in [1.29, 1.82) is 0 Å². The number of carbonyl (C=O) groups is 1. The van der Waals surface area contributed by atoms with E-state index in [-0.39, 0.29) is 47.0 Å². The Balaban J connectivity index is 0.953. The normalized spacial score (nSPS) is 17.8. The van der Waals surface area contributed by atoms with Gasteiger partial charge >= 0.3 is 0 Å². The summed E-state index contributed by atoms with van der Waals surface area (Å²) in [6, 6.07) is 22.8. The van der Waals surface area contributed by atoms with E-state index in [2.05, 4.69) is 55.5 Å². The van der Waals surface area contributed by atoms with Crippen molar-refractivity contribution < 1.29 is 27.6 Å². The van der Waals surface area contributed by atoms with Crippen molar-refractivity contribution in [3.8, 4) is 17.2 Å². The number of anilines is 1. The number of piperazine rings is 1. The van der Waals surface area contributed by atoms with Gasteiger partial charge in [-0.1, -0.05) is 49.2 Å². The predicted octanol–water partition coefficient (Wildman–Crippen LogP) is 9.24. The van der Waals surface area contributed by atoms with E-state index in [0.717, 1.165) is 66.6 Å². The molecule has 9 rings (SSSR count). The highest BCUT2D eigenvalue weighted by molar-refractivity contribution is 7.90. The molecule has 0 unspecified atom stereocenters. The Bertz CT molecular complexity index is 2910. The number of amides is 1. The minimum atomic E-state index is -4.65. The quantitative estimate of drug-likeness (QED) is 0.0938. The third kappa shape index (κ3) is 9.19. The number of H-pyrrole nitrogens is 1. The van der Waals surface area contributed by atoms with Crippen LogP contribution in [-0.2, 0) is 16.4 Å². The first-order valence-corrected chi connectivity index (χ1v) is 23.2. The third-order valence-electron chi connectivity index (χ3n) is 12.5. The number of benzene rings is 3. The molecular formula is C48H48ClN7O7S. The number of hydrogen-bond acceptors (Lipinski definition) is 11. The Kier molecular flexibility index (Phi) is 11.7. The van der Waals surface area contributed by atoms with Crippen molar-refractivity contribution in [2.45, 2.75) is 57.3 Å². The van der Waals surface area contributed by atoms with Crippen LogP contribution < -0.4 is 19.1 Å². The summed E-state index contributed by atoms with van der Waals surface area (Å²) in [6.45, 7) is 10.6. The number of nitrogens with zero attached hydrogens (tertiary/aromatic N) is 5. The molecule has 0 saturated carbocycles. The van der Waals surface area contributed by atoms with Gasteiger partial charge in [0.05, 0.1) is 33.7 Å². The number of carbonyl (C=O) groups excluding carboxylic acids is 1. The number of aryl methyl sites for hydroxylation is 1. The second kappa shape index (κ2) is 17.4. The van der Waals surface area contributed by atoms with Gasteiger partial charge in [-0.05, 0) is 97.2 Å². The van der Waals surface area contributed by atoms with Crippen LogP contribution in [0.1, 0.15) is 71.8 Å². The summed E-state index contributed by atoms with van der Waals surface area (Å²) in [7, 11) is -4.65. The van der Waals surface area contributed by atoms with E-state index in [4.69, 9.17) is 21.1 Å². The highest BCUT2D eigenvalue weighted by atomic mass is 35.5. The maximum atomic E-state index is 14.1. The summed E-state index contributed by atoms with van der Waals surface area (Å²) in [5.74, 6) is -0.731. The molecule has 2 N–H and O–H groups in total. The van der Waals surface area contributed by atoms with Gasteiger partial charge in [0.2, 0.25) is 0 Å². The molecule has 16 heteroatoms. The van der Waals surface area contributed by atoms with Crippen molar-refractivity contribution in [3.05, 3.63) is 146 Å². The highest BCUT2D eigenvalue weighted by Crippen LogP contribution is 2.44. The molecule has 14 nitrogen and oxygen atoms in total. The number of nitro groups is 1. The number of allylic oxidation sites excluding steroid dienone is 1. The average molecular weight is 902 g/mol. The lowest BCUT2D eigenvalue weighted by Gasteiger charge is -2.39. The first-order valence-electron chi connectivity index (χ1n) is 21.3. The fourth-order valence-electron chi connectivity index (χ4n) is 8.88. The maximum absolute atomic E-state index is 14.1. The van der Waals surface area contributed by atoms with Gasteiger partial charge in [-0.2, -0.15) is 0 Å². The standard InChI is InChI=1S/C48H48ClN7O7S/c1-30-4-11-42(51-26-30)34-21-40-43(56(58)59)23-38(24-44(40)62-29-34)64(60,61)53-47(57)39-10-9-36(22-45(39)63-37-20-32-13-15-50-46(32)52-27-37)55-18-16-54(17-19-55)28-33-12-14-48(2,3)25-41(33)31-5-7-35(49)8-6-31/h4-11,13,15,20,22-24,26-27,34H,12,14,16-19,21,25,28-29H2,1-3H3,(H,50,52)(H,53,57)/t34-/m1/s1. The molecule has 1 aliphatic carbocycles. The fraction of sp³-hybridized carbons (Fsp3) is 0.312. The van der Waals surface area contributed by atoms with Crippen LogP contribution in [0.3, 0.4) is 0 Å². The number of halogens is 1. The smallest absolute Gasteiger partial charge is 0.277 e. The zero-order valence-corrected chi connectivity index (χ0v) is 37.3. The van der Waals surface area contributed by atoms with E-state index < -0.39 is 31.4 Å². The lowest BCUT2D eigenvalue weighted by Crippen LogP contribution is -2.47. The molecule has 330 valence electrons. The second-order valence-corrected chi connectivity index (χ2v) is 19.8. The van der Waals surface area contributed by atoms with Gasteiger partial charge < -0.3 is 19.4 Å². The Morgan fingerprint density at radius 2 is 1.81 bits per heavy atom. The summed E-state index contributed by atoms with van der Waals surface area (Å²) in [5, 5.41) is 13.9. The summed E-state index contributed by atoms with van der Waals surface area (Å²) in [6.07, 6.45) is 8.40. The zero-order chi connectivity index (χ0) is 44.8. The van der Waals surface area contributed by atoms with E-state index in [1.165, 1.54) is 35.0 Å². The van der Waals surface area contributed by atoms with Gasteiger partial charge in [0.15, 0.2) is 0 Å². The Hall–Kier alpha value is -6.29. The van der Waals surface area contributed by atoms with Gasteiger partial charge in [-0.25, -0.2) is 18.1 Å². The van der Waals surface area contributed by atoms with Crippen molar-refractivity contribution in [1.82, 2.24) is 24.6 Å². The molecule has 0 bridgehead atoms. The molecule has 64 heavy (non-hydrogen) atoms. The number of ether oxygens (including phenoxy) is 2. The topological polar surface area (TPSA) is 173 Å². The molecule has 6 aromatic rings. The van der Waals surface area contributed by atoms with E-state index in [1.54, 1.807) is 30.6 Å². The molecule has 2 aliphatic heterocycles. The number of sulfonamides is 1. The molecule has 1 fully saturated rings. The van der Waals surface area contributed by atoms with Gasteiger partial charge in [0, 0.05) is 91.0 Å². The van der Waals surface area contributed by atoms with Gasteiger partial charge in [0.1, 0.15) is 22.9 Å². The molecule has 1 atom stereocenters. The van der Waals surface area contributed by atoms with Crippen molar-refractivity contribution in [2.24, 2.45) is 5.41 Å². The number of aromatic amines is 1. The predicted molar refractivity (Wildman–Crippen MR) is 246 cm³/mol. The number of aromatic nitrogens is 3. The van der Waals surface area contributed by atoms with Crippen molar-refractivity contribution in [2.75, 3.05) is 44.2 Å². The summed E-state index contributed by atoms with van der Waals surface area (Å²) in [5.41, 5.74) is 7.23. The Morgan fingerprint density at radius 1 is 1.02 bits per heavy atom. The van der Waals surface area contributed by atoms with Crippen molar-refractivity contribution in [3.63, 3.8) is 0 Å². The molecule has 5 heterocycles. The fourth-order valence-corrected chi connectivity index (χ4v) is 10.0. The molecular weight excluding hydrogens is 854 g/mol.